The highest BCUT2D eigenvalue weighted by Gasteiger charge is 2.34. The van der Waals surface area contributed by atoms with Crippen LogP contribution >= 0.6 is 0 Å². The zero-order valence-corrected chi connectivity index (χ0v) is 10.6. The number of hydrogen-bond donors (Lipinski definition) is 3. The molecule has 9 heteroatoms. The molecule has 1 heterocycles. The fourth-order valence-corrected chi connectivity index (χ4v) is 1.53. The van der Waals surface area contributed by atoms with Gasteiger partial charge in [-0.3, -0.25) is 5.43 Å². The van der Waals surface area contributed by atoms with E-state index < -0.39 is 17.8 Å². The molecule has 21 heavy (non-hydrogen) atoms. The second-order valence-electron chi connectivity index (χ2n) is 3.93. The number of hydrazine groups is 1. The van der Waals surface area contributed by atoms with Crippen molar-refractivity contribution >= 4 is 5.95 Å². The van der Waals surface area contributed by atoms with Gasteiger partial charge in [-0.05, 0) is 6.07 Å². The Bertz CT molecular complexity index is 634. The van der Waals surface area contributed by atoms with Crippen molar-refractivity contribution < 1.29 is 23.0 Å². The number of alkyl halides is 3. The highest BCUT2D eigenvalue weighted by molar-refractivity contribution is 5.38. The first-order chi connectivity index (χ1) is 9.94. The van der Waals surface area contributed by atoms with Gasteiger partial charge in [0.25, 0.3) is 0 Å². The van der Waals surface area contributed by atoms with Gasteiger partial charge < -0.3 is 9.84 Å². The Hall–Kier alpha value is -2.39. The molecule has 0 radical (unpaired) electrons. The Morgan fingerprint density at radius 2 is 1.95 bits per heavy atom. The lowest BCUT2D eigenvalue weighted by Gasteiger charge is -2.12. The Labute approximate surface area is 117 Å². The molecule has 0 unspecified atom stereocenters. The lowest BCUT2D eigenvalue weighted by atomic mass is 10.2. The van der Waals surface area contributed by atoms with Crippen LogP contribution in [0.1, 0.15) is 11.3 Å². The van der Waals surface area contributed by atoms with Gasteiger partial charge in [0, 0.05) is 11.6 Å². The lowest BCUT2D eigenvalue weighted by molar-refractivity contribution is -0.141. The van der Waals surface area contributed by atoms with Crippen molar-refractivity contribution in [3.63, 3.8) is 0 Å². The monoisotopic (exact) mass is 300 g/mol. The maximum Gasteiger partial charge on any atom is 0.433 e. The number of benzene rings is 1. The number of hydrogen-bond acceptors (Lipinski definition) is 6. The van der Waals surface area contributed by atoms with Crippen LogP contribution in [0, 0.1) is 0 Å². The second kappa shape index (κ2) is 5.94. The highest BCUT2D eigenvalue weighted by Crippen LogP contribution is 2.32. The van der Waals surface area contributed by atoms with Crippen molar-refractivity contribution in [1.29, 1.82) is 0 Å². The number of aliphatic hydroxyl groups excluding tert-OH is 1. The summed E-state index contributed by atoms with van der Waals surface area (Å²) < 4.78 is 43.4. The van der Waals surface area contributed by atoms with Gasteiger partial charge in [-0.1, -0.05) is 18.2 Å². The third kappa shape index (κ3) is 3.58. The number of para-hydroxylation sites is 1. The standard InChI is InChI=1S/C12H11F3N4O2/c13-12(14,15)9-5-10(18-11(17-9)19-16)21-8-4-2-1-3-7(8)6-20/h1-5,20H,6,16H2,(H,17,18,19). The predicted octanol–water partition coefficient (Wildman–Crippen LogP) is 2.07. The summed E-state index contributed by atoms with van der Waals surface area (Å²) in [6, 6.07) is 6.99. The topological polar surface area (TPSA) is 93.3 Å². The molecule has 2 aromatic rings. The zero-order valence-electron chi connectivity index (χ0n) is 10.6. The molecular formula is C12H11F3N4O2. The summed E-state index contributed by atoms with van der Waals surface area (Å²) in [6.07, 6.45) is -4.66. The number of nitrogens with zero attached hydrogens (tertiary/aromatic N) is 2. The van der Waals surface area contributed by atoms with Gasteiger partial charge in [-0.2, -0.15) is 18.2 Å². The van der Waals surface area contributed by atoms with Crippen molar-refractivity contribution in [3.8, 4) is 11.6 Å². The molecule has 2 rings (SSSR count). The zero-order chi connectivity index (χ0) is 15.5. The van der Waals surface area contributed by atoms with Crippen molar-refractivity contribution in [1.82, 2.24) is 9.97 Å². The van der Waals surface area contributed by atoms with E-state index in [1.807, 2.05) is 5.43 Å². The van der Waals surface area contributed by atoms with Crippen LogP contribution < -0.4 is 16.0 Å². The van der Waals surface area contributed by atoms with Gasteiger partial charge in [-0.15, -0.1) is 0 Å². The quantitative estimate of drug-likeness (QED) is 0.591. The summed E-state index contributed by atoms with van der Waals surface area (Å²) in [5.41, 5.74) is 1.16. The molecule has 0 saturated carbocycles. The van der Waals surface area contributed by atoms with Crippen molar-refractivity contribution in [2.75, 3.05) is 5.43 Å². The summed E-state index contributed by atoms with van der Waals surface area (Å²) in [5, 5.41) is 9.16. The van der Waals surface area contributed by atoms with Gasteiger partial charge in [-0.25, -0.2) is 10.8 Å². The van der Waals surface area contributed by atoms with Crippen LogP contribution in [0.25, 0.3) is 0 Å². The average Bonchev–Trinajstić information content (AvgIpc) is 2.46. The Balaban J connectivity index is 2.39. The maximum atomic E-state index is 12.7. The van der Waals surface area contributed by atoms with Crippen molar-refractivity contribution in [2.24, 2.45) is 5.84 Å². The molecular weight excluding hydrogens is 289 g/mol. The van der Waals surface area contributed by atoms with Crippen LogP contribution in [0.5, 0.6) is 11.6 Å². The number of nitrogen functional groups attached to an aromatic ring is 1. The molecule has 0 amide bonds. The molecule has 112 valence electrons. The first kappa shape index (κ1) is 15.0. The minimum absolute atomic E-state index is 0.190. The first-order valence-electron chi connectivity index (χ1n) is 5.73. The summed E-state index contributed by atoms with van der Waals surface area (Å²) >= 11 is 0. The van der Waals surface area contributed by atoms with Gasteiger partial charge in [0.1, 0.15) is 5.75 Å². The summed E-state index contributed by atoms with van der Waals surface area (Å²) in [5.74, 6) is 4.46. The van der Waals surface area contributed by atoms with Crippen LogP contribution in [0.3, 0.4) is 0 Å². The van der Waals surface area contributed by atoms with Crippen molar-refractivity contribution in [3.05, 3.63) is 41.6 Å². The summed E-state index contributed by atoms with van der Waals surface area (Å²) in [6.45, 7) is -0.324. The van der Waals surface area contributed by atoms with E-state index in [0.29, 0.717) is 11.6 Å². The van der Waals surface area contributed by atoms with Crippen molar-refractivity contribution in [2.45, 2.75) is 12.8 Å². The molecule has 1 aromatic carbocycles. The molecule has 0 atom stereocenters. The number of rotatable bonds is 4. The molecule has 0 fully saturated rings. The molecule has 0 spiro atoms. The number of anilines is 1. The van der Waals surface area contributed by atoms with E-state index in [9.17, 15) is 13.2 Å². The third-order valence-electron chi connectivity index (χ3n) is 2.48. The molecule has 6 nitrogen and oxygen atoms in total. The van der Waals surface area contributed by atoms with E-state index >= 15 is 0 Å². The van der Waals surface area contributed by atoms with Crippen LogP contribution in [-0.2, 0) is 12.8 Å². The second-order valence-corrected chi connectivity index (χ2v) is 3.93. The molecule has 0 aliphatic rings. The van der Waals surface area contributed by atoms with E-state index in [1.54, 1.807) is 18.2 Å². The van der Waals surface area contributed by atoms with Crippen LogP contribution in [-0.4, -0.2) is 15.1 Å². The lowest BCUT2D eigenvalue weighted by Crippen LogP contribution is -2.15. The van der Waals surface area contributed by atoms with E-state index in [2.05, 4.69) is 9.97 Å². The summed E-state index contributed by atoms with van der Waals surface area (Å²) in [4.78, 5) is 6.89. The largest absolute Gasteiger partial charge is 0.438 e. The van der Waals surface area contributed by atoms with Crippen LogP contribution in [0.2, 0.25) is 0 Å². The first-order valence-corrected chi connectivity index (χ1v) is 5.73. The maximum absolute atomic E-state index is 12.7. The van der Waals surface area contributed by atoms with E-state index in [-0.39, 0.29) is 18.2 Å². The fourth-order valence-electron chi connectivity index (χ4n) is 1.53. The molecule has 0 bridgehead atoms. The summed E-state index contributed by atoms with van der Waals surface area (Å²) in [7, 11) is 0. The number of nitrogens with one attached hydrogen (secondary N) is 1. The van der Waals surface area contributed by atoms with Crippen LogP contribution in [0.15, 0.2) is 30.3 Å². The van der Waals surface area contributed by atoms with E-state index in [0.717, 1.165) is 0 Å². The Morgan fingerprint density at radius 1 is 1.24 bits per heavy atom. The van der Waals surface area contributed by atoms with Gasteiger partial charge in [0.05, 0.1) is 6.61 Å². The molecule has 0 aliphatic heterocycles. The van der Waals surface area contributed by atoms with Gasteiger partial charge in [0.15, 0.2) is 5.69 Å². The molecule has 4 N–H and O–H groups in total. The van der Waals surface area contributed by atoms with Gasteiger partial charge in [0.2, 0.25) is 11.8 Å². The highest BCUT2D eigenvalue weighted by atomic mass is 19.4. The minimum atomic E-state index is -4.66. The Morgan fingerprint density at radius 3 is 2.57 bits per heavy atom. The predicted molar refractivity (Wildman–Crippen MR) is 67.3 cm³/mol. The van der Waals surface area contributed by atoms with Crippen LogP contribution in [0.4, 0.5) is 19.1 Å². The normalized spacial score (nSPS) is 11.3. The number of aromatic nitrogens is 2. The SMILES string of the molecule is NNc1nc(Oc2ccccc2CO)cc(C(F)(F)F)n1. The Kier molecular flexibility index (Phi) is 4.24. The number of nitrogens with two attached hydrogens (primary N) is 1. The molecule has 1 aromatic heterocycles. The molecule has 0 aliphatic carbocycles. The number of halogens is 3. The fraction of sp³-hybridized carbons (Fsp3) is 0.167. The number of aliphatic hydroxyl groups is 1. The van der Waals surface area contributed by atoms with E-state index in [4.69, 9.17) is 15.7 Å². The average molecular weight is 300 g/mol. The molecule has 0 saturated heterocycles. The minimum Gasteiger partial charge on any atom is -0.438 e. The third-order valence-corrected chi connectivity index (χ3v) is 2.48. The van der Waals surface area contributed by atoms with E-state index in [1.165, 1.54) is 6.07 Å². The smallest absolute Gasteiger partial charge is 0.433 e. The number of ether oxygens (including phenoxy) is 1. The van der Waals surface area contributed by atoms with Gasteiger partial charge >= 0.3 is 6.18 Å².